The van der Waals surface area contributed by atoms with E-state index in [1.54, 1.807) is 6.07 Å². The molecule has 3 saturated heterocycles. The summed E-state index contributed by atoms with van der Waals surface area (Å²) in [6, 6.07) is 4.09. The average Bonchev–Trinajstić information content (AvgIpc) is 2.87. The zero-order valence-electron chi connectivity index (χ0n) is 22.1. The van der Waals surface area contributed by atoms with Crippen LogP contribution in [0.2, 0.25) is 0 Å². The Hall–Kier alpha value is -3.50. The zero-order valence-corrected chi connectivity index (χ0v) is 22.9. The van der Waals surface area contributed by atoms with Crippen molar-refractivity contribution in [3.05, 3.63) is 23.8 Å². The van der Waals surface area contributed by atoms with Gasteiger partial charge in [-0.1, -0.05) is 0 Å². The van der Waals surface area contributed by atoms with E-state index >= 15 is 0 Å². The molecule has 40 heavy (non-hydrogen) atoms. The molecule has 218 valence electrons. The van der Waals surface area contributed by atoms with Gasteiger partial charge in [0.05, 0.1) is 12.1 Å². The number of piperazine rings is 1. The highest BCUT2D eigenvalue weighted by Gasteiger charge is 2.29. The summed E-state index contributed by atoms with van der Waals surface area (Å²) < 4.78 is 0. The normalized spacial score (nSPS) is 25.2. The fourth-order valence-electron chi connectivity index (χ4n) is 5.28. The number of benzene rings is 1. The number of nitrogens with one attached hydrogen (secondary N) is 2. The molecule has 0 radical (unpaired) electrons. The van der Waals surface area contributed by atoms with Crippen LogP contribution in [-0.4, -0.2) is 107 Å². The van der Waals surface area contributed by atoms with Crippen molar-refractivity contribution in [1.82, 2.24) is 25.2 Å². The summed E-state index contributed by atoms with van der Waals surface area (Å²) in [5.74, 6) is 0.183. The van der Waals surface area contributed by atoms with Gasteiger partial charge in [-0.15, -0.1) is 12.4 Å². The molecule has 0 bridgehead atoms. The summed E-state index contributed by atoms with van der Waals surface area (Å²) in [4.78, 5) is 43.7. The van der Waals surface area contributed by atoms with Gasteiger partial charge in [0.2, 0.25) is 23.8 Å². The predicted octanol–water partition coefficient (Wildman–Crippen LogP) is -1.96. The van der Waals surface area contributed by atoms with E-state index in [1.807, 2.05) is 9.80 Å². The number of carbonyl (C=O) groups excluding carboxylic acids is 2. The van der Waals surface area contributed by atoms with Gasteiger partial charge < -0.3 is 53.4 Å². The maximum Gasteiger partial charge on any atom is 0.258 e. The van der Waals surface area contributed by atoms with Crippen molar-refractivity contribution >= 4 is 47.8 Å². The molecule has 1 aromatic carbocycles. The molecule has 2 amide bonds. The lowest BCUT2D eigenvalue weighted by Gasteiger charge is -2.37. The first-order valence-corrected chi connectivity index (χ1v) is 13.1. The molecule has 3 aliphatic heterocycles. The number of amides is 2. The molecule has 5 rings (SSSR count). The topological polar surface area (TPSA) is 231 Å². The quantitative estimate of drug-likeness (QED) is 0.205. The number of carbonyl (C=O) groups is 2. The van der Waals surface area contributed by atoms with Crippen molar-refractivity contribution in [3.8, 4) is 5.75 Å². The van der Waals surface area contributed by atoms with Crippen LogP contribution in [0.25, 0.3) is 0 Å². The number of piperidine rings is 2. The van der Waals surface area contributed by atoms with Crippen LogP contribution >= 0.6 is 12.4 Å². The number of halogens is 1. The molecule has 3 aliphatic rings. The lowest BCUT2D eigenvalue weighted by Crippen LogP contribution is -2.54. The van der Waals surface area contributed by atoms with Crippen molar-refractivity contribution in [1.29, 1.82) is 0 Å². The third-order valence-electron chi connectivity index (χ3n) is 7.02. The van der Waals surface area contributed by atoms with Crippen LogP contribution in [0.15, 0.2) is 18.2 Å². The minimum Gasteiger partial charge on any atom is -0.507 e. The highest BCUT2D eigenvalue weighted by molar-refractivity contribution is 5.99. The van der Waals surface area contributed by atoms with E-state index in [-0.39, 0.29) is 66.3 Å². The van der Waals surface area contributed by atoms with E-state index in [9.17, 15) is 14.7 Å². The van der Waals surface area contributed by atoms with Gasteiger partial charge >= 0.3 is 0 Å². The number of nitrogens with zero attached hydrogens (tertiary/aromatic N) is 6. The number of hydrogen-bond acceptors (Lipinski definition) is 13. The van der Waals surface area contributed by atoms with E-state index < -0.39 is 5.91 Å². The molecule has 16 heteroatoms. The SMILES string of the molecule is Cl.N[C@@H]1C[C@H](N)CN(c2nc(Nc3ccc(C(=O)N4CCNC(=O)C4)c(O)c3)nc(N3C[C@H](N)C[C@H](N)C3)n2)C1. The van der Waals surface area contributed by atoms with Crippen LogP contribution in [0.3, 0.4) is 0 Å². The summed E-state index contributed by atoms with van der Waals surface area (Å²) in [6.07, 6.45) is 1.42. The number of anilines is 4. The van der Waals surface area contributed by atoms with Crippen molar-refractivity contribution in [2.75, 3.05) is 60.9 Å². The van der Waals surface area contributed by atoms with Crippen LogP contribution in [0.5, 0.6) is 5.75 Å². The Morgan fingerprint density at radius 1 is 0.925 bits per heavy atom. The minimum absolute atomic E-state index is 0. The van der Waals surface area contributed by atoms with Crippen molar-refractivity contribution in [2.45, 2.75) is 37.0 Å². The van der Waals surface area contributed by atoms with Crippen LogP contribution in [-0.2, 0) is 4.79 Å². The van der Waals surface area contributed by atoms with E-state index in [4.69, 9.17) is 27.9 Å². The monoisotopic (exact) mass is 576 g/mol. The van der Waals surface area contributed by atoms with Crippen molar-refractivity contribution in [3.63, 3.8) is 0 Å². The highest BCUT2D eigenvalue weighted by Crippen LogP contribution is 2.27. The Labute approximate surface area is 238 Å². The highest BCUT2D eigenvalue weighted by atomic mass is 35.5. The van der Waals surface area contributed by atoms with E-state index in [2.05, 4.69) is 20.6 Å². The number of nitrogens with two attached hydrogens (primary N) is 4. The third kappa shape index (κ3) is 6.79. The molecule has 11 N–H and O–H groups in total. The fourth-order valence-corrected chi connectivity index (χ4v) is 5.28. The molecular weight excluding hydrogens is 540 g/mol. The summed E-state index contributed by atoms with van der Waals surface area (Å²) in [5.41, 5.74) is 25.4. The Kier molecular flexibility index (Phi) is 9.10. The average molecular weight is 577 g/mol. The van der Waals surface area contributed by atoms with Gasteiger partial charge in [0, 0.05) is 75.2 Å². The van der Waals surface area contributed by atoms with Crippen LogP contribution in [0.1, 0.15) is 23.2 Å². The van der Waals surface area contributed by atoms with Crippen molar-refractivity contribution < 1.29 is 14.7 Å². The molecule has 0 unspecified atom stereocenters. The lowest BCUT2D eigenvalue weighted by molar-refractivity contribution is -0.123. The van der Waals surface area contributed by atoms with Gasteiger partial charge in [0.1, 0.15) is 5.75 Å². The molecule has 2 aromatic rings. The van der Waals surface area contributed by atoms with Gasteiger partial charge in [-0.3, -0.25) is 9.59 Å². The molecule has 1 aromatic heterocycles. The molecule has 0 spiro atoms. The molecule has 4 heterocycles. The summed E-state index contributed by atoms with van der Waals surface area (Å²) in [7, 11) is 0. The lowest BCUT2D eigenvalue weighted by atomic mass is 10.0. The molecular formula is C24H37ClN12O3. The van der Waals surface area contributed by atoms with E-state index in [0.29, 0.717) is 69.7 Å². The number of aromatic nitrogens is 3. The number of phenolic OH excluding ortho intramolecular Hbond substituents is 1. The molecule has 0 saturated carbocycles. The van der Waals surface area contributed by atoms with Crippen LogP contribution in [0.4, 0.5) is 23.5 Å². The summed E-state index contributed by atoms with van der Waals surface area (Å²) >= 11 is 0. The number of aromatic hydroxyl groups is 1. The molecule has 0 aliphatic carbocycles. The zero-order chi connectivity index (χ0) is 27.7. The Balaban J connectivity index is 0.00000370. The van der Waals surface area contributed by atoms with Crippen molar-refractivity contribution in [2.24, 2.45) is 22.9 Å². The Bertz CT molecular complexity index is 1170. The van der Waals surface area contributed by atoms with Crippen LogP contribution in [0, 0.1) is 0 Å². The number of phenols is 1. The minimum atomic E-state index is -0.422. The largest absolute Gasteiger partial charge is 0.507 e. The van der Waals surface area contributed by atoms with Gasteiger partial charge in [0.25, 0.3) is 5.91 Å². The number of rotatable bonds is 5. The van der Waals surface area contributed by atoms with Gasteiger partial charge in [-0.2, -0.15) is 15.0 Å². The smallest absolute Gasteiger partial charge is 0.258 e. The van der Waals surface area contributed by atoms with Gasteiger partial charge in [-0.05, 0) is 25.0 Å². The van der Waals surface area contributed by atoms with Gasteiger partial charge in [-0.25, -0.2) is 0 Å². The van der Waals surface area contributed by atoms with Gasteiger partial charge in [0.15, 0.2) is 0 Å². The number of hydrogen-bond donors (Lipinski definition) is 7. The van der Waals surface area contributed by atoms with Crippen LogP contribution < -0.4 is 43.4 Å². The standard InChI is InChI=1S/C24H36N12O3.ClH/c25-13-5-14(26)9-35(8-13)23-31-22(32-24(33-23)36-10-15(27)6-16(28)11-36)30-17-1-2-18(19(37)7-17)21(39)34-4-3-29-20(38)12-34;/h1-2,7,13-16,37H,3-6,8-12,25-28H2,(H,29,38)(H,30,31,32,33);1H/t13-,14+,15-,16+;. The summed E-state index contributed by atoms with van der Waals surface area (Å²) in [6.45, 7) is 2.86. The fraction of sp³-hybridized carbons (Fsp3) is 0.542. The second-order valence-corrected chi connectivity index (χ2v) is 10.5. The first kappa shape index (κ1) is 29.5. The predicted molar refractivity (Wildman–Crippen MR) is 153 cm³/mol. The molecule has 4 atom stereocenters. The summed E-state index contributed by atoms with van der Waals surface area (Å²) in [5, 5.41) is 16.4. The maximum atomic E-state index is 12.9. The second kappa shape index (κ2) is 12.3. The Morgan fingerprint density at radius 2 is 1.48 bits per heavy atom. The molecule has 3 fully saturated rings. The first-order valence-electron chi connectivity index (χ1n) is 13.1. The second-order valence-electron chi connectivity index (χ2n) is 10.5. The maximum absolute atomic E-state index is 12.9. The van der Waals surface area contributed by atoms with E-state index in [1.165, 1.54) is 17.0 Å². The third-order valence-corrected chi connectivity index (χ3v) is 7.02. The first-order chi connectivity index (χ1) is 18.6. The van der Waals surface area contributed by atoms with E-state index in [0.717, 1.165) is 0 Å². The Morgan fingerprint density at radius 3 is 1.98 bits per heavy atom. The molecule has 15 nitrogen and oxygen atoms in total.